The van der Waals surface area contributed by atoms with E-state index in [0.717, 1.165) is 6.42 Å². The maximum Gasteiger partial charge on any atom is 0.308 e. The van der Waals surface area contributed by atoms with Crippen LogP contribution in [0.1, 0.15) is 19.8 Å². The van der Waals surface area contributed by atoms with Gasteiger partial charge in [0.15, 0.2) is 0 Å². The van der Waals surface area contributed by atoms with Gasteiger partial charge in [-0.25, -0.2) is 0 Å². The van der Waals surface area contributed by atoms with Crippen LogP contribution in [0.15, 0.2) is 0 Å². The number of hydrogen-bond acceptors (Lipinski definition) is 4. The Bertz CT molecular complexity index is 136. The van der Waals surface area contributed by atoms with Gasteiger partial charge in [-0.05, 0) is 6.92 Å². The van der Waals surface area contributed by atoms with Crippen LogP contribution < -0.4 is 0 Å². The summed E-state index contributed by atoms with van der Waals surface area (Å²) in [5.74, 6) is -0.217. The summed E-state index contributed by atoms with van der Waals surface area (Å²) < 4.78 is 14.7. The lowest BCUT2D eigenvalue weighted by molar-refractivity contribution is -0.145. The van der Waals surface area contributed by atoms with Crippen LogP contribution in [0.4, 0.5) is 0 Å². The van der Waals surface area contributed by atoms with Crippen molar-refractivity contribution in [1.82, 2.24) is 0 Å². The molecule has 0 radical (unpaired) electrons. The van der Waals surface area contributed by atoms with Gasteiger partial charge in [0.05, 0.1) is 25.7 Å². The number of carbonyl (C=O) groups is 1. The van der Waals surface area contributed by atoms with Gasteiger partial charge in [0.1, 0.15) is 0 Å². The van der Waals surface area contributed by atoms with Crippen molar-refractivity contribution in [3.8, 4) is 0 Å². The minimum absolute atomic E-state index is 0.134. The van der Waals surface area contributed by atoms with E-state index >= 15 is 0 Å². The third-order valence-corrected chi connectivity index (χ3v) is 1.70. The zero-order chi connectivity index (χ0) is 10.1. The minimum atomic E-state index is -0.217. The van der Waals surface area contributed by atoms with Crippen molar-refractivity contribution in [2.75, 3.05) is 27.4 Å². The lowest BCUT2D eigenvalue weighted by atomic mass is 10.3. The molecule has 0 aromatic heterocycles. The molecular formula is C9H18O4. The fraction of sp³-hybridized carbons (Fsp3) is 0.889. The molecule has 0 rings (SSSR count). The summed E-state index contributed by atoms with van der Waals surface area (Å²) in [5.41, 5.74) is 0. The van der Waals surface area contributed by atoms with Gasteiger partial charge in [-0.3, -0.25) is 4.79 Å². The zero-order valence-electron chi connectivity index (χ0n) is 8.54. The van der Waals surface area contributed by atoms with Gasteiger partial charge in [0.25, 0.3) is 0 Å². The Hall–Kier alpha value is -0.610. The molecule has 0 aromatic carbocycles. The molecule has 0 heterocycles. The Morgan fingerprint density at radius 2 is 2.00 bits per heavy atom. The van der Waals surface area contributed by atoms with E-state index in [4.69, 9.17) is 14.2 Å². The molecule has 0 aromatic rings. The van der Waals surface area contributed by atoms with Gasteiger partial charge < -0.3 is 14.2 Å². The second-order valence-electron chi connectivity index (χ2n) is 2.80. The van der Waals surface area contributed by atoms with Gasteiger partial charge in [-0.1, -0.05) is 0 Å². The number of rotatable bonds is 7. The normalized spacial score (nSPS) is 12.5. The molecule has 0 saturated heterocycles. The summed E-state index contributed by atoms with van der Waals surface area (Å²) in [7, 11) is 3.19. The van der Waals surface area contributed by atoms with E-state index < -0.39 is 0 Å². The molecule has 0 bridgehead atoms. The highest BCUT2D eigenvalue weighted by atomic mass is 16.5. The van der Waals surface area contributed by atoms with E-state index in [9.17, 15) is 4.79 Å². The highest BCUT2D eigenvalue weighted by molar-refractivity contribution is 5.69. The first-order chi connectivity index (χ1) is 6.20. The Morgan fingerprint density at radius 3 is 2.54 bits per heavy atom. The second-order valence-corrected chi connectivity index (χ2v) is 2.80. The summed E-state index contributed by atoms with van der Waals surface area (Å²) >= 11 is 0. The first-order valence-corrected chi connectivity index (χ1v) is 4.38. The minimum Gasteiger partial charge on any atom is -0.466 e. The molecular weight excluding hydrogens is 172 g/mol. The largest absolute Gasteiger partial charge is 0.466 e. The number of esters is 1. The smallest absolute Gasteiger partial charge is 0.308 e. The third kappa shape index (κ3) is 7.74. The summed E-state index contributed by atoms with van der Waals surface area (Å²) in [6.07, 6.45) is 1.18. The summed E-state index contributed by atoms with van der Waals surface area (Å²) in [6.45, 7) is 2.76. The Labute approximate surface area is 79.2 Å². The standard InChI is InChI=1S/C9H18O4/c1-8(12-3)4-7-13-9(10)5-6-11-2/h8H,4-7H2,1-3H3/t8-/m0/s1. The van der Waals surface area contributed by atoms with E-state index in [-0.39, 0.29) is 12.1 Å². The van der Waals surface area contributed by atoms with Crippen molar-refractivity contribution in [2.45, 2.75) is 25.9 Å². The molecule has 4 heteroatoms. The third-order valence-electron chi connectivity index (χ3n) is 1.70. The van der Waals surface area contributed by atoms with Crippen LogP contribution in [0.3, 0.4) is 0 Å². The van der Waals surface area contributed by atoms with Crippen molar-refractivity contribution in [3.05, 3.63) is 0 Å². The second kappa shape index (κ2) is 8.01. The number of methoxy groups -OCH3 is 2. The van der Waals surface area contributed by atoms with Gasteiger partial charge in [-0.2, -0.15) is 0 Å². The van der Waals surface area contributed by atoms with Gasteiger partial charge in [0.2, 0.25) is 0 Å². The zero-order valence-corrected chi connectivity index (χ0v) is 8.54. The van der Waals surface area contributed by atoms with E-state index in [1.165, 1.54) is 0 Å². The van der Waals surface area contributed by atoms with Crippen LogP contribution in [0.2, 0.25) is 0 Å². The number of carbonyl (C=O) groups excluding carboxylic acids is 1. The molecule has 0 spiro atoms. The predicted octanol–water partition coefficient (Wildman–Crippen LogP) is 0.991. The van der Waals surface area contributed by atoms with Crippen molar-refractivity contribution in [2.24, 2.45) is 0 Å². The first-order valence-electron chi connectivity index (χ1n) is 4.38. The highest BCUT2D eigenvalue weighted by Gasteiger charge is 2.04. The molecule has 0 unspecified atom stereocenters. The van der Waals surface area contributed by atoms with E-state index in [1.807, 2.05) is 6.92 Å². The highest BCUT2D eigenvalue weighted by Crippen LogP contribution is 1.96. The molecule has 78 valence electrons. The van der Waals surface area contributed by atoms with Crippen molar-refractivity contribution >= 4 is 5.97 Å². The van der Waals surface area contributed by atoms with Crippen molar-refractivity contribution in [3.63, 3.8) is 0 Å². The summed E-state index contributed by atoms with van der Waals surface area (Å²) in [4.78, 5) is 10.9. The molecule has 1 atom stereocenters. The number of ether oxygens (including phenoxy) is 3. The van der Waals surface area contributed by atoms with E-state index in [0.29, 0.717) is 19.6 Å². The van der Waals surface area contributed by atoms with Crippen LogP contribution in [-0.2, 0) is 19.0 Å². The maximum absolute atomic E-state index is 10.9. The SMILES string of the molecule is COCCC(=O)OCC[C@H](C)OC. The van der Waals surface area contributed by atoms with Crippen LogP contribution in [0.5, 0.6) is 0 Å². The predicted molar refractivity (Wildman–Crippen MR) is 48.5 cm³/mol. The van der Waals surface area contributed by atoms with Gasteiger partial charge in [0, 0.05) is 20.6 Å². The quantitative estimate of drug-likeness (QED) is 0.562. The summed E-state index contributed by atoms with van der Waals surface area (Å²) in [5, 5.41) is 0. The van der Waals surface area contributed by atoms with Gasteiger partial charge in [-0.15, -0.1) is 0 Å². The summed E-state index contributed by atoms with van der Waals surface area (Å²) in [6, 6.07) is 0. The van der Waals surface area contributed by atoms with Crippen LogP contribution in [0, 0.1) is 0 Å². The van der Waals surface area contributed by atoms with Crippen LogP contribution in [-0.4, -0.2) is 39.5 Å². The topological polar surface area (TPSA) is 44.8 Å². The lowest BCUT2D eigenvalue weighted by Crippen LogP contribution is -2.13. The molecule has 0 N–H and O–H groups in total. The Kier molecular flexibility index (Phi) is 7.63. The Balaban J connectivity index is 3.26. The monoisotopic (exact) mass is 190 g/mol. The van der Waals surface area contributed by atoms with Crippen LogP contribution in [0.25, 0.3) is 0 Å². The first kappa shape index (κ1) is 12.4. The van der Waals surface area contributed by atoms with E-state index in [1.54, 1.807) is 14.2 Å². The molecule has 0 amide bonds. The van der Waals surface area contributed by atoms with Gasteiger partial charge >= 0.3 is 5.97 Å². The Morgan fingerprint density at radius 1 is 1.31 bits per heavy atom. The average molecular weight is 190 g/mol. The van der Waals surface area contributed by atoms with Crippen molar-refractivity contribution < 1.29 is 19.0 Å². The molecule has 4 nitrogen and oxygen atoms in total. The number of hydrogen-bond donors (Lipinski definition) is 0. The molecule has 0 saturated carbocycles. The molecule has 0 aliphatic heterocycles. The molecule has 0 aliphatic rings. The van der Waals surface area contributed by atoms with Crippen molar-refractivity contribution in [1.29, 1.82) is 0 Å². The fourth-order valence-electron chi connectivity index (χ4n) is 0.714. The fourth-order valence-corrected chi connectivity index (χ4v) is 0.714. The molecule has 0 aliphatic carbocycles. The van der Waals surface area contributed by atoms with E-state index in [2.05, 4.69) is 0 Å². The molecule has 13 heavy (non-hydrogen) atoms. The maximum atomic E-state index is 10.9. The molecule has 0 fully saturated rings. The lowest BCUT2D eigenvalue weighted by Gasteiger charge is -2.09. The van der Waals surface area contributed by atoms with Crippen LogP contribution >= 0.6 is 0 Å². The average Bonchev–Trinajstić information content (AvgIpc) is 2.14.